The monoisotopic (exact) mass is 387 g/mol. The molecule has 0 unspecified atom stereocenters. The lowest BCUT2D eigenvalue weighted by atomic mass is 10.1. The van der Waals surface area contributed by atoms with Gasteiger partial charge in [-0.05, 0) is 30.7 Å². The lowest BCUT2D eigenvalue weighted by Gasteiger charge is -2.14. The Morgan fingerprint density at radius 2 is 1.89 bits per heavy atom. The first-order valence-corrected chi connectivity index (χ1v) is 8.29. The zero-order chi connectivity index (χ0) is 20.1. The molecule has 28 heavy (non-hydrogen) atoms. The summed E-state index contributed by atoms with van der Waals surface area (Å²) in [6.07, 6.45) is -1.25. The highest BCUT2D eigenvalue weighted by Gasteiger charge is 2.33. The SMILES string of the molecule is Cc1nc(NCc2cccnc2)cc(C(=O)Nc2ccccc2C(F)(F)F)n1. The van der Waals surface area contributed by atoms with Gasteiger partial charge in [0.1, 0.15) is 17.3 Å². The smallest absolute Gasteiger partial charge is 0.366 e. The maximum absolute atomic E-state index is 13.1. The van der Waals surface area contributed by atoms with Gasteiger partial charge in [-0.15, -0.1) is 0 Å². The molecule has 3 rings (SSSR count). The average Bonchev–Trinajstić information content (AvgIpc) is 2.66. The van der Waals surface area contributed by atoms with E-state index in [0.717, 1.165) is 11.6 Å². The fourth-order valence-corrected chi connectivity index (χ4v) is 2.50. The van der Waals surface area contributed by atoms with Crippen LogP contribution in [0.3, 0.4) is 0 Å². The van der Waals surface area contributed by atoms with E-state index in [0.29, 0.717) is 18.2 Å². The molecule has 0 atom stereocenters. The topological polar surface area (TPSA) is 79.8 Å². The Bertz CT molecular complexity index is 977. The summed E-state index contributed by atoms with van der Waals surface area (Å²) in [5, 5.41) is 5.32. The van der Waals surface area contributed by atoms with E-state index in [1.807, 2.05) is 6.07 Å². The van der Waals surface area contributed by atoms with Gasteiger partial charge in [0.15, 0.2) is 0 Å². The van der Waals surface area contributed by atoms with Crippen molar-refractivity contribution in [2.75, 3.05) is 10.6 Å². The number of carbonyl (C=O) groups is 1. The maximum Gasteiger partial charge on any atom is 0.418 e. The lowest BCUT2D eigenvalue weighted by molar-refractivity contribution is -0.136. The molecule has 0 bridgehead atoms. The highest BCUT2D eigenvalue weighted by Crippen LogP contribution is 2.34. The third-order valence-electron chi connectivity index (χ3n) is 3.75. The van der Waals surface area contributed by atoms with E-state index in [-0.39, 0.29) is 11.4 Å². The normalized spacial score (nSPS) is 11.1. The summed E-state index contributed by atoms with van der Waals surface area (Å²) in [6, 6.07) is 9.81. The molecule has 1 aromatic carbocycles. The number of alkyl halides is 3. The van der Waals surface area contributed by atoms with Crippen LogP contribution in [0.1, 0.15) is 27.4 Å². The van der Waals surface area contributed by atoms with E-state index in [1.54, 1.807) is 25.4 Å². The highest BCUT2D eigenvalue weighted by molar-refractivity contribution is 6.03. The van der Waals surface area contributed by atoms with Gasteiger partial charge in [0.2, 0.25) is 0 Å². The number of para-hydroxylation sites is 1. The van der Waals surface area contributed by atoms with Gasteiger partial charge in [0, 0.05) is 25.0 Å². The molecule has 0 saturated carbocycles. The van der Waals surface area contributed by atoms with Crippen molar-refractivity contribution in [2.24, 2.45) is 0 Å². The van der Waals surface area contributed by atoms with Crippen molar-refractivity contribution in [1.29, 1.82) is 0 Å². The van der Waals surface area contributed by atoms with Crippen LogP contribution < -0.4 is 10.6 Å². The van der Waals surface area contributed by atoms with Gasteiger partial charge in [-0.1, -0.05) is 18.2 Å². The Morgan fingerprint density at radius 3 is 2.61 bits per heavy atom. The lowest BCUT2D eigenvalue weighted by Crippen LogP contribution is -2.18. The molecule has 0 spiro atoms. The molecule has 0 fully saturated rings. The second-order valence-electron chi connectivity index (χ2n) is 5.90. The van der Waals surface area contributed by atoms with Crippen LogP contribution in [0.2, 0.25) is 0 Å². The van der Waals surface area contributed by atoms with Crippen molar-refractivity contribution in [3.05, 3.63) is 77.5 Å². The van der Waals surface area contributed by atoms with Gasteiger partial charge in [-0.2, -0.15) is 13.2 Å². The summed E-state index contributed by atoms with van der Waals surface area (Å²) in [4.78, 5) is 24.7. The van der Waals surface area contributed by atoms with E-state index in [2.05, 4.69) is 25.6 Å². The molecule has 0 aliphatic carbocycles. The molecule has 3 aromatic rings. The Morgan fingerprint density at radius 1 is 1.11 bits per heavy atom. The van der Waals surface area contributed by atoms with Crippen LogP contribution in [0.15, 0.2) is 54.9 Å². The van der Waals surface area contributed by atoms with Crippen molar-refractivity contribution < 1.29 is 18.0 Å². The number of hydrogen-bond donors (Lipinski definition) is 2. The molecule has 0 radical (unpaired) electrons. The van der Waals surface area contributed by atoms with Gasteiger partial charge in [0.25, 0.3) is 5.91 Å². The molecule has 6 nitrogen and oxygen atoms in total. The van der Waals surface area contributed by atoms with Crippen LogP contribution in [0.25, 0.3) is 0 Å². The summed E-state index contributed by atoms with van der Waals surface area (Å²) in [7, 11) is 0. The number of carbonyl (C=O) groups excluding carboxylic acids is 1. The molecule has 2 N–H and O–H groups in total. The van der Waals surface area contributed by atoms with Crippen LogP contribution in [-0.2, 0) is 12.7 Å². The number of anilines is 2. The Balaban J connectivity index is 1.78. The number of aromatic nitrogens is 3. The Hall–Kier alpha value is -3.49. The van der Waals surface area contributed by atoms with Crippen molar-refractivity contribution in [2.45, 2.75) is 19.6 Å². The third kappa shape index (κ3) is 4.81. The fourth-order valence-electron chi connectivity index (χ4n) is 2.50. The number of benzene rings is 1. The van der Waals surface area contributed by atoms with Crippen LogP contribution in [0, 0.1) is 6.92 Å². The van der Waals surface area contributed by atoms with Crippen molar-refractivity contribution in [1.82, 2.24) is 15.0 Å². The number of amides is 1. The molecular weight excluding hydrogens is 371 g/mol. The highest BCUT2D eigenvalue weighted by atomic mass is 19.4. The summed E-state index contributed by atoms with van der Waals surface area (Å²) in [6.45, 7) is 2.01. The number of hydrogen-bond acceptors (Lipinski definition) is 5. The van der Waals surface area contributed by atoms with Gasteiger partial charge in [-0.25, -0.2) is 9.97 Å². The second-order valence-corrected chi connectivity index (χ2v) is 5.90. The van der Waals surface area contributed by atoms with Gasteiger partial charge in [-0.3, -0.25) is 9.78 Å². The number of pyridine rings is 1. The zero-order valence-corrected chi connectivity index (χ0v) is 14.8. The van der Waals surface area contributed by atoms with E-state index < -0.39 is 17.6 Å². The molecule has 2 aromatic heterocycles. The van der Waals surface area contributed by atoms with E-state index in [9.17, 15) is 18.0 Å². The Labute approximate surface area is 158 Å². The van der Waals surface area contributed by atoms with Gasteiger partial charge < -0.3 is 10.6 Å². The van der Waals surface area contributed by atoms with Crippen molar-refractivity contribution >= 4 is 17.4 Å². The molecule has 0 saturated heterocycles. The summed E-state index contributed by atoms with van der Waals surface area (Å²) >= 11 is 0. The number of halogens is 3. The van der Waals surface area contributed by atoms with Gasteiger partial charge in [0.05, 0.1) is 11.3 Å². The molecule has 144 valence electrons. The summed E-state index contributed by atoms with van der Waals surface area (Å²) in [5.41, 5.74) is -0.396. The summed E-state index contributed by atoms with van der Waals surface area (Å²) < 4.78 is 39.3. The van der Waals surface area contributed by atoms with Crippen molar-refractivity contribution in [3.8, 4) is 0 Å². The number of rotatable bonds is 5. The number of nitrogens with zero attached hydrogens (tertiary/aromatic N) is 3. The standard InChI is InChI=1S/C19H16F3N5O/c1-12-25-16(9-17(26-12)24-11-13-5-4-8-23-10-13)18(28)27-15-7-3-2-6-14(15)19(20,21)22/h2-10H,11H2,1H3,(H,27,28)(H,24,25,26). The Kier molecular flexibility index (Phi) is 5.53. The molecule has 1 amide bonds. The first-order valence-electron chi connectivity index (χ1n) is 8.29. The van der Waals surface area contributed by atoms with E-state index in [4.69, 9.17) is 0 Å². The maximum atomic E-state index is 13.1. The quantitative estimate of drug-likeness (QED) is 0.690. The first kappa shape index (κ1) is 19.3. The molecule has 9 heteroatoms. The second kappa shape index (κ2) is 8.03. The zero-order valence-electron chi connectivity index (χ0n) is 14.8. The average molecular weight is 387 g/mol. The molecule has 2 heterocycles. The summed E-state index contributed by atoms with van der Waals surface area (Å²) in [5.74, 6) is -0.0670. The predicted molar refractivity (Wildman–Crippen MR) is 97.7 cm³/mol. The fraction of sp³-hybridized carbons (Fsp3) is 0.158. The van der Waals surface area contributed by atoms with Crippen LogP contribution in [0.4, 0.5) is 24.7 Å². The van der Waals surface area contributed by atoms with Crippen molar-refractivity contribution in [3.63, 3.8) is 0 Å². The minimum atomic E-state index is -4.58. The van der Waals surface area contributed by atoms with Crippen LogP contribution in [-0.4, -0.2) is 20.9 Å². The third-order valence-corrected chi connectivity index (χ3v) is 3.75. The van der Waals surface area contributed by atoms with Crippen LogP contribution in [0.5, 0.6) is 0 Å². The largest absolute Gasteiger partial charge is 0.418 e. The minimum Gasteiger partial charge on any atom is -0.366 e. The van der Waals surface area contributed by atoms with Gasteiger partial charge >= 0.3 is 6.18 Å². The minimum absolute atomic E-state index is 0.0434. The molecule has 0 aliphatic heterocycles. The number of nitrogens with one attached hydrogen (secondary N) is 2. The predicted octanol–water partition coefficient (Wildman–Crippen LogP) is 4.06. The van der Waals surface area contributed by atoms with E-state index in [1.165, 1.54) is 24.3 Å². The number of aryl methyl sites for hydroxylation is 1. The van der Waals surface area contributed by atoms with Crippen LogP contribution >= 0.6 is 0 Å². The molecular formula is C19H16F3N5O. The van der Waals surface area contributed by atoms with E-state index >= 15 is 0 Å². The first-order chi connectivity index (χ1) is 13.3. The molecule has 0 aliphatic rings.